The van der Waals surface area contributed by atoms with Gasteiger partial charge in [-0.15, -0.1) is 0 Å². The van der Waals surface area contributed by atoms with Crippen LogP contribution < -0.4 is 15.2 Å². The molecule has 0 radical (unpaired) electrons. The van der Waals surface area contributed by atoms with Crippen molar-refractivity contribution in [2.24, 2.45) is 5.73 Å². The van der Waals surface area contributed by atoms with E-state index in [9.17, 15) is 8.78 Å². The molecule has 0 spiro atoms. The Kier molecular flexibility index (Phi) is 4.74. The van der Waals surface area contributed by atoms with Crippen LogP contribution in [0.25, 0.3) is 0 Å². The predicted octanol–water partition coefficient (Wildman–Crippen LogP) is 3.93. The minimum Gasteiger partial charge on any atom is -0.436 e. The molecule has 3 aromatic rings. The fraction of sp³-hybridized carbons (Fsp3) is 0.0556. The number of amidine groups is 1. The summed E-state index contributed by atoms with van der Waals surface area (Å²) in [5, 5.41) is 7.43. The molecule has 0 aliphatic heterocycles. The summed E-state index contributed by atoms with van der Waals surface area (Å²) in [4.78, 5) is 7.64. The van der Waals surface area contributed by atoms with E-state index in [2.05, 4.69) is 9.97 Å². The quantitative estimate of drug-likeness (QED) is 0.533. The number of hydrogen-bond acceptors (Lipinski definition) is 5. The molecule has 0 bridgehead atoms. The Balaban J connectivity index is 1.97. The number of rotatable bonds is 5. The van der Waals surface area contributed by atoms with Gasteiger partial charge >= 0.3 is 0 Å². The van der Waals surface area contributed by atoms with Gasteiger partial charge in [0.1, 0.15) is 17.3 Å². The fourth-order valence-electron chi connectivity index (χ4n) is 2.10. The van der Waals surface area contributed by atoms with Gasteiger partial charge in [-0.3, -0.25) is 10.4 Å². The van der Waals surface area contributed by atoms with Crippen LogP contribution in [0.1, 0.15) is 11.1 Å². The highest BCUT2D eigenvalue weighted by molar-refractivity contribution is 5.95. The molecule has 0 unspecified atom stereocenters. The number of hydrogen-bond donors (Lipinski definition) is 2. The number of aromatic nitrogens is 2. The summed E-state index contributed by atoms with van der Waals surface area (Å²) in [5.74, 6) is -2.50. The van der Waals surface area contributed by atoms with Crippen LogP contribution in [0.2, 0.25) is 0 Å². The van der Waals surface area contributed by atoms with Gasteiger partial charge in [0.15, 0.2) is 11.6 Å². The Morgan fingerprint density at radius 3 is 2.31 bits per heavy atom. The van der Waals surface area contributed by atoms with Crippen molar-refractivity contribution in [2.75, 3.05) is 0 Å². The molecule has 6 nitrogen and oxygen atoms in total. The summed E-state index contributed by atoms with van der Waals surface area (Å²) in [6.07, 6.45) is 2.90. The number of nitrogens with zero attached hydrogens (tertiary/aromatic N) is 2. The Morgan fingerprint density at radius 1 is 1.04 bits per heavy atom. The summed E-state index contributed by atoms with van der Waals surface area (Å²) in [6, 6.07) is 9.34. The molecule has 0 aliphatic carbocycles. The van der Waals surface area contributed by atoms with E-state index in [1.54, 1.807) is 24.3 Å². The number of halogens is 2. The molecule has 0 saturated heterocycles. The minimum atomic E-state index is -0.950. The lowest BCUT2D eigenvalue weighted by molar-refractivity contribution is 0.372. The Hall–Kier alpha value is -3.55. The Morgan fingerprint density at radius 2 is 1.69 bits per heavy atom. The first kappa shape index (κ1) is 17.3. The first-order valence-electron chi connectivity index (χ1n) is 7.51. The topological polar surface area (TPSA) is 94.1 Å². The van der Waals surface area contributed by atoms with Crippen LogP contribution in [-0.2, 0) is 0 Å². The molecule has 26 heavy (non-hydrogen) atoms. The van der Waals surface area contributed by atoms with E-state index in [-0.39, 0.29) is 22.9 Å². The molecular formula is C18H14F2N4O2. The van der Waals surface area contributed by atoms with Crippen LogP contribution in [0.4, 0.5) is 8.78 Å². The van der Waals surface area contributed by atoms with Gasteiger partial charge in [0.05, 0.1) is 6.20 Å². The van der Waals surface area contributed by atoms with Gasteiger partial charge < -0.3 is 15.2 Å². The number of pyridine rings is 2. The second-order valence-corrected chi connectivity index (χ2v) is 5.31. The lowest BCUT2D eigenvalue weighted by atomic mass is 10.2. The maximum absolute atomic E-state index is 14.4. The van der Waals surface area contributed by atoms with Crippen LogP contribution in [0.15, 0.2) is 48.8 Å². The van der Waals surface area contributed by atoms with Crippen molar-refractivity contribution in [3.63, 3.8) is 0 Å². The second kappa shape index (κ2) is 7.14. The summed E-state index contributed by atoms with van der Waals surface area (Å²) in [6.45, 7) is 1.25. The molecule has 3 rings (SSSR count). The zero-order valence-electron chi connectivity index (χ0n) is 13.7. The molecule has 2 aromatic heterocycles. The standard InChI is InChI=1S/C18H14F2N4O2/c1-10-14(19)17(25-12-5-2-4-11(8-12)16(21)22)24-18(15(10)20)26-13-6-3-7-23-9-13/h2-9H,1H3,(H3,21,22). The van der Waals surface area contributed by atoms with Gasteiger partial charge in [0, 0.05) is 17.3 Å². The van der Waals surface area contributed by atoms with Crippen molar-refractivity contribution in [3.05, 3.63) is 71.6 Å². The average molecular weight is 356 g/mol. The van der Waals surface area contributed by atoms with E-state index in [1.165, 1.54) is 31.5 Å². The molecule has 3 N–H and O–H groups in total. The molecule has 0 amide bonds. The highest BCUT2D eigenvalue weighted by Gasteiger charge is 2.21. The number of nitrogens with two attached hydrogens (primary N) is 1. The van der Waals surface area contributed by atoms with Crippen LogP contribution in [0, 0.1) is 24.0 Å². The van der Waals surface area contributed by atoms with Crippen LogP contribution in [-0.4, -0.2) is 15.8 Å². The van der Waals surface area contributed by atoms with Crippen LogP contribution in [0.3, 0.4) is 0 Å². The van der Waals surface area contributed by atoms with E-state index in [0.29, 0.717) is 5.56 Å². The maximum Gasteiger partial charge on any atom is 0.259 e. The minimum absolute atomic E-state index is 0.167. The van der Waals surface area contributed by atoms with E-state index >= 15 is 0 Å². The molecule has 8 heteroatoms. The van der Waals surface area contributed by atoms with Crippen molar-refractivity contribution in [1.82, 2.24) is 9.97 Å². The van der Waals surface area contributed by atoms with Crippen molar-refractivity contribution in [2.45, 2.75) is 6.92 Å². The van der Waals surface area contributed by atoms with Gasteiger partial charge in [0.2, 0.25) is 0 Å². The van der Waals surface area contributed by atoms with Gasteiger partial charge in [0.25, 0.3) is 11.8 Å². The highest BCUT2D eigenvalue weighted by atomic mass is 19.1. The monoisotopic (exact) mass is 356 g/mol. The SMILES string of the molecule is Cc1c(F)c(Oc2cccnc2)nc(Oc2cccc(C(=N)N)c2)c1F. The van der Waals surface area contributed by atoms with E-state index in [4.69, 9.17) is 20.6 Å². The molecule has 2 heterocycles. The third kappa shape index (κ3) is 3.59. The van der Waals surface area contributed by atoms with E-state index in [0.717, 1.165) is 0 Å². The summed E-state index contributed by atoms with van der Waals surface area (Å²) >= 11 is 0. The average Bonchev–Trinajstić information content (AvgIpc) is 2.65. The van der Waals surface area contributed by atoms with Crippen LogP contribution in [0.5, 0.6) is 23.3 Å². The number of benzene rings is 1. The first-order chi connectivity index (χ1) is 12.5. The number of nitrogen functional groups attached to an aromatic ring is 1. The maximum atomic E-state index is 14.4. The van der Waals surface area contributed by atoms with Gasteiger partial charge in [-0.05, 0) is 31.2 Å². The molecule has 0 atom stereocenters. The molecule has 0 saturated carbocycles. The zero-order chi connectivity index (χ0) is 18.7. The Bertz CT molecular complexity index is 965. The summed E-state index contributed by atoms with van der Waals surface area (Å²) < 4.78 is 39.4. The summed E-state index contributed by atoms with van der Waals surface area (Å²) in [7, 11) is 0. The molecule has 0 fully saturated rings. The fourth-order valence-corrected chi connectivity index (χ4v) is 2.10. The number of nitrogens with one attached hydrogen (secondary N) is 1. The third-order valence-corrected chi connectivity index (χ3v) is 3.45. The zero-order valence-corrected chi connectivity index (χ0v) is 13.7. The molecule has 132 valence electrons. The van der Waals surface area contributed by atoms with Crippen LogP contribution >= 0.6 is 0 Å². The van der Waals surface area contributed by atoms with E-state index < -0.39 is 23.4 Å². The Labute approximate surface area is 147 Å². The predicted molar refractivity (Wildman–Crippen MR) is 90.7 cm³/mol. The lowest BCUT2D eigenvalue weighted by Gasteiger charge is -2.12. The van der Waals surface area contributed by atoms with Crippen molar-refractivity contribution in [1.29, 1.82) is 5.41 Å². The van der Waals surface area contributed by atoms with E-state index in [1.807, 2.05) is 0 Å². The lowest BCUT2D eigenvalue weighted by Crippen LogP contribution is -2.10. The summed E-state index contributed by atoms with van der Waals surface area (Å²) in [5.41, 5.74) is 5.52. The van der Waals surface area contributed by atoms with Crippen molar-refractivity contribution in [3.8, 4) is 23.3 Å². The normalized spacial score (nSPS) is 10.4. The van der Waals surface area contributed by atoms with Crippen molar-refractivity contribution < 1.29 is 18.3 Å². The largest absolute Gasteiger partial charge is 0.436 e. The molecule has 0 aliphatic rings. The third-order valence-electron chi connectivity index (χ3n) is 3.45. The first-order valence-corrected chi connectivity index (χ1v) is 7.51. The molecule has 1 aromatic carbocycles. The second-order valence-electron chi connectivity index (χ2n) is 5.31. The highest BCUT2D eigenvalue weighted by Crippen LogP contribution is 2.32. The van der Waals surface area contributed by atoms with Gasteiger partial charge in [-0.1, -0.05) is 12.1 Å². The van der Waals surface area contributed by atoms with Gasteiger partial charge in [-0.25, -0.2) is 8.78 Å². The van der Waals surface area contributed by atoms with Crippen molar-refractivity contribution >= 4 is 5.84 Å². The van der Waals surface area contributed by atoms with Gasteiger partial charge in [-0.2, -0.15) is 4.98 Å². The smallest absolute Gasteiger partial charge is 0.259 e. The molecular weight excluding hydrogens is 342 g/mol. The number of ether oxygens (including phenoxy) is 2.